The van der Waals surface area contributed by atoms with Crippen LogP contribution in [0.3, 0.4) is 0 Å². The second kappa shape index (κ2) is 9.44. The zero-order valence-corrected chi connectivity index (χ0v) is 22.3. The molecule has 0 radical (unpaired) electrons. The Morgan fingerprint density at radius 1 is 0.442 bits per heavy atom. The molecule has 0 saturated carbocycles. The maximum atomic E-state index is 9.42. The van der Waals surface area contributed by atoms with Crippen LogP contribution in [-0.4, -0.2) is 0 Å². The summed E-state index contributed by atoms with van der Waals surface area (Å²) in [4.78, 5) is 0. The van der Waals surface area contributed by atoms with Crippen molar-refractivity contribution in [3.05, 3.63) is 157 Å². The van der Waals surface area contributed by atoms with Crippen LogP contribution in [0.15, 0.2) is 162 Å². The Bertz CT molecular complexity index is 3260. The molecule has 0 atom stereocenters. The smallest absolute Gasteiger partial charge is 0.136 e. The summed E-state index contributed by atoms with van der Waals surface area (Å²) in [6.07, 6.45) is 0. The van der Waals surface area contributed by atoms with Crippen molar-refractivity contribution in [1.82, 2.24) is 0 Å². The largest absolute Gasteiger partial charge is 0.456 e. The lowest BCUT2D eigenvalue weighted by Gasteiger charge is -2.18. The van der Waals surface area contributed by atoms with E-state index in [1.165, 1.54) is 0 Å². The topological polar surface area (TPSA) is 13.1 Å². The summed E-state index contributed by atoms with van der Waals surface area (Å²) in [6, 6.07) is 10.2. The van der Waals surface area contributed by atoms with Gasteiger partial charge in [0.2, 0.25) is 0 Å². The fraction of sp³-hybridized carbons (Fsp3) is 0. The van der Waals surface area contributed by atoms with Crippen LogP contribution >= 0.6 is 0 Å². The maximum Gasteiger partial charge on any atom is 0.136 e. The van der Waals surface area contributed by atoms with Crippen molar-refractivity contribution in [2.45, 2.75) is 0 Å². The second-order valence-corrected chi connectivity index (χ2v) is 10.1. The molecule has 0 amide bonds. The first-order valence-electron chi connectivity index (χ1n) is 21.1. The highest BCUT2D eigenvalue weighted by atomic mass is 16.3. The van der Waals surface area contributed by atoms with E-state index >= 15 is 0 Å². The van der Waals surface area contributed by atoms with Crippen LogP contribution < -0.4 is 0 Å². The number of hydrogen-bond donors (Lipinski definition) is 0. The van der Waals surface area contributed by atoms with Gasteiger partial charge < -0.3 is 4.42 Å². The Kier molecular flexibility index (Phi) is 2.97. The van der Waals surface area contributed by atoms with E-state index in [2.05, 4.69) is 0 Å². The van der Waals surface area contributed by atoms with E-state index in [1.54, 1.807) is 18.2 Å². The summed E-state index contributed by atoms with van der Waals surface area (Å²) >= 11 is 0. The predicted octanol–water partition coefficient (Wildman–Crippen LogP) is 12.0. The van der Waals surface area contributed by atoms with Gasteiger partial charge in [0.1, 0.15) is 11.2 Å². The third kappa shape index (κ3) is 3.72. The number of furan rings is 1. The molecule has 0 N–H and O–H groups in total. The molecule has 0 spiro atoms. The van der Waals surface area contributed by atoms with Gasteiger partial charge in [0.05, 0.1) is 20.6 Å². The molecule has 9 rings (SSSR count). The lowest BCUT2D eigenvalue weighted by Crippen LogP contribution is -1.91. The van der Waals surface area contributed by atoms with Gasteiger partial charge in [-0.1, -0.05) is 133 Å². The summed E-state index contributed by atoms with van der Waals surface area (Å²) in [5.41, 5.74) is 2.25. The quantitative estimate of drug-likeness (QED) is 0.196. The zero-order valence-electron chi connectivity index (χ0n) is 37.3. The van der Waals surface area contributed by atoms with Gasteiger partial charge >= 0.3 is 0 Å². The zero-order chi connectivity index (χ0) is 41.4. The van der Waals surface area contributed by atoms with Crippen LogP contribution in [0, 0.1) is 0 Å². The average molecular weight is 562 g/mol. The van der Waals surface area contributed by atoms with Crippen molar-refractivity contribution in [1.29, 1.82) is 0 Å². The fourth-order valence-electron chi connectivity index (χ4n) is 5.91. The molecule has 0 bridgehead atoms. The van der Waals surface area contributed by atoms with E-state index in [9.17, 15) is 8.22 Å². The van der Waals surface area contributed by atoms with E-state index in [0.29, 0.717) is 22.1 Å². The van der Waals surface area contributed by atoms with Gasteiger partial charge in [0.25, 0.3) is 0 Å². The maximum absolute atomic E-state index is 9.42. The van der Waals surface area contributed by atoms with Gasteiger partial charge in [0.15, 0.2) is 0 Å². The third-order valence-electron chi connectivity index (χ3n) is 7.74. The molecule has 8 aromatic carbocycles. The van der Waals surface area contributed by atoms with E-state index in [1.807, 2.05) is 48.5 Å². The Morgan fingerprint density at radius 2 is 1.09 bits per heavy atom. The molecule has 0 unspecified atom stereocenters. The van der Waals surface area contributed by atoms with Crippen molar-refractivity contribution in [2.75, 3.05) is 0 Å². The minimum atomic E-state index is -0.738. The van der Waals surface area contributed by atoms with Crippen molar-refractivity contribution >= 4 is 54.3 Å². The monoisotopic (exact) mass is 561 g/mol. The van der Waals surface area contributed by atoms with Gasteiger partial charge in [-0.15, -0.1) is 0 Å². The third-order valence-corrected chi connectivity index (χ3v) is 7.74. The van der Waals surface area contributed by atoms with Crippen LogP contribution in [0.1, 0.15) is 20.6 Å². The number of fused-ring (bicyclic) bond motifs is 6. The highest BCUT2D eigenvalue weighted by molar-refractivity contribution is 6.23. The van der Waals surface area contributed by atoms with Crippen LogP contribution in [0.2, 0.25) is 0 Å². The summed E-state index contributed by atoms with van der Waals surface area (Å²) in [6.45, 7) is 0. The molecule has 0 fully saturated rings. The molecule has 43 heavy (non-hydrogen) atoms. The fourth-order valence-corrected chi connectivity index (χ4v) is 5.91. The van der Waals surface area contributed by atoms with Crippen LogP contribution in [0.25, 0.3) is 87.6 Å². The van der Waals surface area contributed by atoms with E-state index < -0.39 is 107 Å². The minimum absolute atomic E-state index is 0.0213. The van der Waals surface area contributed by atoms with Crippen LogP contribution in [0.5, 0.6) is 0 Å². The summed E-state index contributed by atoms with van der Waals surface area (Å²) in [7, 11) is 0. The molecule has 1 heterocycles. The predicted molar refractivity (Wildman–Crippen MR) is 183 cm³/mol. The van der Waals surface area contributed by atoms with E-state index in [0.717, 1.165) is 16.5 Å². The minimum Gasteiger partial charge on any atom is -0.456 e. The average Bonchev–Trinajstić information content (AvgIpc) is 3.61. The Balaban J connectivity index is 1.55. The summed E-state index contributed by atoms with van der Waals surface area (Å²) in [5.74, 6) is 0. The Hall–Kier alpha value is -5.66. The highest BCUT2D eigenvalue weighted by Crippen LogP contribution is 2.45. The van der Waals surface area contributed by atoms with Gasteiger partial charge in [-0.2, -0.15) is 0 Å². The molecule has 9 aromatic rings. The van der Waals surface area contributed by atoms with Crippen molar-refractivity contribution in [2.24, 2.45) is 0 Å². The standard InChI is InChI=1S/C42H26O/c1-2-12-28(13-3-1)32-19-10-20-39-42(32)37-26-31(23-24-38(37)43-39)41-35-17-8-6-15-33(35)40(34-16-7-9-18-36(34)41)30-22-21-27-11-4-5-14-29(27)25-30/h1-26H/i4D,5D,6D,7D,8D,9D,11D,14D,15D,16D,17D,18D,21D,22D,25D. The van der Waals surface area contributed by atoms with Gasteiger partial charge in [-0.3, -0.25) is 0 Å². The number of rotatable bonds is 3. The normalized spacial score (nSPS) is 16.6. The first kappa shape index (κ1) is 13.5. The molecule has 0 aliphatic heterocycles. The van der Waals surface area contributed by atoms with Crippen molar-refractivity contribution in [3.63, 3.8) is 0 Å². The second-order valence-electron chi connectivity index (χ2n) is 10.1. The van der Waals surface area contributed by atoms with Crippen molar-refractivity contribution < 1.29 is 25.0 Å². The van der Waals surface area contributed by atoms with Crippen molar-refractivity contribution in [3.8, 4) is 33.4 Å². The molecule has 1 heteroatoms. The van der Waals surface area contributed by atoms with Gasteiger partial charge in [-0.05, 0) is 89.9 Å². The molecule has 0 aliphatic carbocycles. The molecule has 0 saturated heterocycles. The molecular formula is C42H26O. The van der Waals surface area contributed by atoms with E-state index in [-0.39, 0.29) is 32.7 Å². The van der Waals surface area contributed by atoms with E-state index in [4.69, 9.17) is 16.8 Å². The number of benzene rings is 8. The Labute approximate surface area is 270 Å². The molecule has 0 aliphatic rings. The molecule has 1 nitrogen and oxygen atoms in total. The highest BCUT2D eigenvalue weighted by Gasteiger charge is 2.19. The lowest BCUT2D eigenvalue weighted by molar-refractivity contribution is 0.669. The van der Waals surface area contributed by atoms with Crippen LogP contribution in [-0.2, 0) is 0 Å². The van der Waals surface area contributed by atoms with Gasteiger partial charge in [0, 0.05) is 10.8 Å². The summed E-state index contributed by atoms with van der Waals surface area (Å²) in [5, 5.41) is -0.465. The van der Waals surface area contributed by atoms with Crippen LogP contribution in [0.4, 0.5) is 0 Å². The lowest BCUT2D eigenvalue weighted by atomic mass is 9.85. The molecule has 1 aromatic heterocycles. The molecular weight excluding hydrogens is 520 g/mol. The Morgan fingerprint density at radius 3 is 1.81 bits per heavy atom. The first-order chi connectivity index (χ1) is 27.6. The molecule has 200 valence electrons. The number of hydrogen-bond acceptors (Lipinski definition) is 1. The summed E-state index contributed by atoms with van der Waals surface area (Å²) < 4.78 is 140. The SMILES string of the molecule is [2H]c1c([2H])c([2H])c2c([2H])c(-c3c4c([2H])c([2H])c([2H])c([2H])c4c(-c4ccc5oc6cccc(-c7ccccc7)c6c5c4)c4c([2H])c([2H])c([2H])c([2H])c34)c([2H])c([2H])c2c1[2H]. The van der Waals surface area contributed by atoms with Gasteiger partial charge in [-0.25, -0.2) is 0 Å². The first-order valence-corrected chi connectivity index (χ1v) is 13.6.